The minimum absolute atomic E-state index is 0.185. The summed E-state index contributed by atoms with van der Waals surface area (Å²) >= 11 is 0. The summed E-state index contributed by atoms with van der Waals surface area (Å²) in [4.78, 5) is 16.0. The molecule has 1 saturated carbocycles. The lowest BCUT2D eigenvalue weighted by atomic mass is 9.91. The number of nitrogens with one attached hydrogen (secondary N) is 2. The summed E-state index contributed by atoms with van der Waals surface area (Å²) < 4.78 is 14.4. The van der Waals surface area contributed by atoms with E-state index in [2.05, 4.69) is 15.6 Å². The highest BCUT2D eigenvalue weighted by Gasteiger charge is 2.37. The van der Waals surface area contributed by atoms with E-state index in [0.717, 1.165) is 19.3 Å². The number of alkyl halides is 1. The molecule has 1 heterocycles. The standard InChI is InChI=1S/C15H22FN3O2/c1-15(2,21)12(16)13(18-11-6-3-7-11)19-14(20)10-5-4-8-17-9-10/h4-5,8-9,11-13,18,21H,3,6-7H2,1-2H3,(H,19,20). The summed E-state index contributed by atoms with van der Waals surface area (Å²) in [5, 5.41) is 15.6. The fourth-order valence-corrected chi connectivity index (χ4v) is 2.16. The normalized spacial score (nSPS) is 18.7. The SMILES string of the molecule is CC(C)(O)C(F)C(NC(=O)c1cccnc1)NC1CCC1. The Morgan fingerprint density at radius 1 is 1.52 bits per heavy atom. The first-order chi connectivity index (χ1) is 9.88. The largest absolute Gasteiger partial charge is 0.387 e. The van der Waals surface area contributed by atoms with Crippen LogP contribution < -0.4 is 10.6 Å². The predicted molar refractivity (Wildman–Crippen MR) is 77.5 cm³/mol. The molecule has 0 saturated heterocycles. The molecule has 1 amide bonds. The van der Waals surface area contributed by atoms with Gasteiger partial charge in [-0.15, -0.1) is 0 Å². The molecule has 116 valence electrons. The molecular weight excluding hydrogens is 273 g/mol. The maximum Gasteiger partial charge on any atom is 0.254 e. The number of aliphatic hydroxyl groups is 1. The monoisotopic (exact) mass is 295 g/mol. The molecule has 2 atom stereocenters. The van der Waals surface area contributed by atoms with E-state index in [1.807, 2.05) is 0 Å². The Bertz CT molecular complexity index is 472. The van der Waals surface area contributed by atoms with E-state index in [9.17, 15) is 14.3 Å². The molecule has 1 aromatic heterocycles. The van der Waals surface area contributed by atoms with Crippen molar-refractivity contribution in [2.45, 2.75) is 57.1 Å². The fraction of sp³-hybridized carbons (Fsp3) is 0.600. The van der Waals surface area contributed by atoms with Crippen molar-refractivity contribution >= 4 is 5.91 Å². The summed E-state index contributed by atoms with van der Waals surface area (Å²) in [6, 6.07) is 3.44. The van der Waals surface area contributed by atoms with Crippen LogP contribution in [0.4, 0.5) is 4.39 Å². The van der Waals surface area contributed by atoms with Gasteiger partial charge in [0.1, 0.15) is 6.17 Å². The van der Waals surface area contributed by atoms with Gasteiger partial charge in [0.25, 0.3) is 5.91 Å². The average molecular weight is 295 g/mol. The van der Waals surface area contributed by atoms with Gasteiger partial charge in [0.05, 0.1) is 11.2 Å². The van der Waals surface area contributed by atoms with Crippen molar-refractivity contribution in [3.63, 3.8) is 0 Å². The molecule has 6 heteroatoms. The van der Waals surface area contributed by atoms with Gasteiger partial charge in [0, 0.05) is 18.4 Å². The Hall–Kier alpha value is -1.53. The molecule has 5 nitrogen and oxygen atoms in total. The van der Waals surface area contributed by atoms with Crippen LogP contribution in [-0.2, 0) is 0 Å². The minimum atomic E-state index is -1.61. The number of rotatable bonds is 6. The first kappa shape index (κ1) is 15.9. The Morgan fingerprint density at radius 3 is 2.71 bits per heavy atom. The van der Waals surface area contributed by atoms with E-state index in [-0.39, 0.29) is 6.04 Å². The van der Waals surface area contributed by atoms with Crippen LogP contribution in [0.2, 0.25) is 0 Å². The van der Waals surface area contributed by atoms with Crippen LogP contribution in [0.25, 0.3) is 0 Å². The third-order valence-electron chi connectivity index (χ3n) is 3.70. The number of aromatic nitrogens is 1. The Balaban J connectivity index is 2.06. The van der Waals surface area contributed by atoms with E-state index in [4.69, 9.17) is 0 Å². The van der Waals surface area contributed by atoms with Gasteiger partial charge in [0.2, 0.25) is 0 Å². The van der Waals surface area contributed by atoms with E-state index in [0.29, 0.717) is 5.56 Å². The molecule has 1 aromatic rings. The molecule has 0 aromatic carbocycles. The second-order valence-electron chi connectivity index (χ2n) is 6.04. The highest BCUT2D eigenvalue weighted by atomic mass is 19.1. The van der Waals surface area contributed by atoms with Gasteiger partial charge in [-0.2, -0.15) is 0 Å². The van der Waals surface area contributed by atoms with E-state index in [1.54, 1.807) is 18.3 Å². The van der Waals surface area contributed by atoms with Crippen molar-refractivity contribution in [3.8, 4) is 0 Å². The summed E-state index contributed by atoms with van der Waals surface area (Å²) in [5.41, 5.74) is -1.18. The molecule has 1 aliphatic rings. The number of halogens is 1. The maximum atomic E-state index is 14.4. The number of carbonyl (C=O) groups is 1. The van der Waals surface area contributed by atoms with Gasteiger partial charge >= 0.3 is 0 Å². The topological polar surface area (TPSA) is 74.2 Å². The lowest BCUT2D eigenvalue weighted by Gasteiger charge is -2.36. The van der Waals surface area contributed by atoms with Crippen molar-refractivity contribution in [1.29, 1.82) is 0 Å². The van der Waals surface area contributed by atoms with Crippen LogP contribution in [0.5, 0.6) is 0 Å². The molecule has 1 fully saturated rings. The number of carbonyl (C=O) groups excluding carboxylic acids is 1. The maximum absolute atomic E-state index is 14.4. The Kier molecular flexibility index (Phi) is 4.90. The molecule has 2 unspecified atom stereocenters. The van der Waals surface area contributed by atoms with Crippen LogP contribution in [-0.4, -0.2) is 40.0 Å². The highest BCUT2D eigenvalue weighted by Crippen LogP contribution is 2.22. The van der Waals surface area contributed by atoms with Crippen LogP contribution >= 0.6 is 0 Å². The van der Waals surface area contributed by atoms with Gasteiger partial charge in [-0.3, -0.25) is 15.1 Å². The zero-order valence-electron chi connectivity index (χ0n) is 12.3. The molecule has 0 aliphatic heterocycles. The van der Waals surface area contributed by atoms with Crippen LogP contribution in [0.3, 0.4) is 0 Å². The van der Waals surface area contributed by atoms with Crippen molar-refractivity contribution in [3.05, 3.63) is 30.1 Å². The van der Waals surface area contributed by atoms with Gasteiger partial charge in [-0.05, 0) is 38.8 Å². The fourth-order valence-electron chi connectivity index (χ4n) is 2.16. The number of nitrogens with zero attached hydrogens (tertiary/aromatic N) is 1. The van der Waals surface area contributed by atoms with Crippen molar-refractivity contribution in [1.82, 2.24) is 15.6 Å². The summed E-state index contributed by atoms with van der Waals surface area (Å²) in [5.74, 6) is -0.410. The second kappa shape index (κ2) is 6.49. The van der Waals surface area contributed by atoms with Crippen molar-refractivity contribution in [2.24, 2.45) is 0 Å². The van der Waals surface area contributed by atoms with Crippen LogP contribution in [0.15, 0.2) is 24.5 Å². The van der Waals surface area contributed by atoms with E-state index < -0.39 is 23.8 Å². The average Bonchev–Trinajstić information content (AvgIpc) is 2.40. The Labute approximate surface area is 124 Å². The summed E-state index contributed by atoms with van der Waals surface area (Å²) in [6.45, 7) is 2.78. The van der Waals surface area contributed by atoms with Crippen molar-refractivity contribution < 1.29 is 14.3 Å². The lowest BCUT2D eigenvalue weighted by Crippen LogP contribution is -2.60. The molecule has 1 aliphatic carbocycles. The third kappa shape index (κ3) is 4.22. The Morgan fingerprint density at radius 2 is 2.24 bits per heavy atom. The van der Waals surface area contributed by atoms with Gasteiger partial charge in [-0.25, -0.2) is 4.39 Å². The molecule has 0 spiro atoms. The first-order valence-electron chi connectivity index (χ1n) is 7.21. The van der Waals surface area contributed by atoms with Crippen LogP contribution in [0.1, 0.15) is 43.5 Å². The molecule has 3 N–H and O–H groups in total. The molecule has 21 heavy (non-hydrogen) atoms. The minimum Gasteiger partial charge on any atom is -0.387 e. The number of hydrogen-bond acceptors (Lipinski definition) is 4. The lowest BCUT2D eigenvalue weighted by molar-refractivity contribution is -0.0285. The molecule has 2 rings (SSSR count). The predicted octanol–water partition coefficient (Wildman–Crippen LogP) is 1.39. The first-order valence-corrected chi connectivity index (χ1v) is 7.21. The highest BCUT2D eigenvalue weighted by molar-refractivity contribution is 5.94. The number of hydrogen-bond donors (Lipinski definition) is 3. The summed E-state index contributed by atoms with van der Waals surface area (Å²) in [7, 11) is 0. The molecular formula is C15H22FN3O2. The number of pyridine rings is 1. The third-order valence-corrected chi connectivity index (χ3v) is 3.70. The summed E-state index contributed by atoms with van der Waals surface area (Å²) in [6.07, 6.45) is 3.46. The van der Waals surface area contributed by atoms with E-state index >= 15 is 0 Å². The smallest absolute Gasteiger partial charge is 0.254 e. The van der Waals surface area contributed by atoms with E-state index in [1.165, 1.54) is 20.0 Å². The second-order valence-corrected chi connectivity index (χ2v) is 6.04. The molecule has 0 bridgehead atoms. The van der Waals surface area contributed by atoms with Gasteiger partial charge in [0.15, 0.2) is 6.17 Å². The quantitative estimate of drug-likeness (QED) is 0.693. The zero-order valence-corrected chi connectivity index (χ0v) is 12.3. The van der Waals surface area contributed by atoms with Crippen molar-refractivity contribution in [2.75, 3.05) is 0 Å². The van der Waals surface area contributed by atoms with Gasteiger partial charge < -0.3 is 10.4 Å². The zero-order chi connectivity index (χ0) is 15.5. The van der Waals surface area contributed by atoms with Gasteiger partial charge in [-0.1, -0.05) is 6.42 Å². The number of amides is 1. The molecule has 0 radical (unpaired) electrons. The van der Waals surface area contributed by atoms with Crippen LogP contribution in [0, 0.1) is 0 Å².